The number of carbonyl (C=O) groups is 1. The Morgan fingerprint density at radius 3 is 2.83 bits per heavy atom. The fourth-order valence-electron chi connectivity index (χ4n) is 1.55. The molecule has 2 atom stereocenters. The maximum atomic E-state index is 11.3. The van der Waals surface area contributed by atoms with Gasteiger partial charge >= 0.3 is 5.97 Å². The number of hydrogen-bond acceptors (Lipinski definition) is 3. The molecule has 0 unspecified atom stereocenters. The quantitative estimate of drug-likeness (QED) is 0.646. The van der Waals surface area contributed by atoms with Crippen LogP contribution in [0.4, 0.5) is 0 Å². The molecule has 0 aromatic rings. The Morgan fingerprint density at radius 2 is 2.33 bits per heavy atom. The minimum atomic E-state index is -0.0511. The van der Waals surface area contributed by atoms with Crippen molar-refractivity contribution in [3.63, 3.8) is 0 Å². The lowest BCUT2D eigenvalue weighted by Crippen LogP contribution is -2.19. The summed E-state index contributed by atoms with van der Waals surface area (Å²) in [6, 6.07) is 0.212. The average molecular weight is 171 g/mol. The van der Waals surface area contributed by atoms with E-state index in [9.17, 15) is 4.79 Å². The van der Waals surface area contributed by atoms with Crippen LogP contribution in [0.5, 0.6) is 0 Å². The van der Waals surface area contributed by atoms with Crippen LogP contribution in [-0.2, 0) is 9.53 Å². The van der Waals surface area contributed by atoms with Crippen LogP contribution in [0.15, 0.2) is 0 Å². The van der Waals surface area contributed by atoms with Crippen LogP contribution < -0.4 is 5.73 Å². The number of nitrogens with two attached hydrogens (primary N) is 1. The predicted molar refractivity (Wildman–Crippen MR) is 46.6 cm³/mol. The van der Waals surface area contributed by atoms with Crippen LogP contribution in [0.3, 0.4) is 0 Å². The van der Waals surface area contributed by atoms with Crippen molar-refractivity contribution in [1.82, 2.24) is 0 Å². The number of ether oxygens (including phenoxy) is 1. The minimum Gasteiger partial charge on any atom is -0.465 e. The Balaban J connectivity index is 2.23. The Labute approximate surface area is 73.3 Å². The summed E-state index contributed by atoms with van der Waals surface area (Å²) in [5.41, 5.74) is 5.68. The van der Waals surface area contributed by atoms with Gasteiger partial charge in [-0.05, 0) is 25.7 Å². The van der Waals surface area contributed by atoms with Gasteiger partial charge in [-0.15, -0.1) is 0 Å². The molecule has 0 aromatic carbocycles. The third kappa shape index (κ3) is 2.48. The lowest BCUT2D eigenvalue weighted by atomic mass is 10.1. The fourth-order valence-corrected chi connectivity index (χ4v) is 1.55. The molecule has 1 aliphatic carbocycles. The summed E-state index contributed by atoms with van der Waals surface area (Å²) in [5.74, 6) is 0.0244. The number of esters is 1. The molecule has 1 aliphatic rings. The first-order valence-electron chi connectivity index (χ1n) is 4.66. The van der Waals surface area contributed by atoms with E-state index in [1.165, 1.54) is 0 Å². The summed E-state index contributed by atoms with van der Waals surface area (Å²) in [4.78, 5) is 11.3. The van der Waals surface area contributed by atoms with Gasteiger partial charge in [0, 0.05) is 6.04 Å². The van der Waals surface area contributed by atoms with Gasteiger partial charge in [-0.25, -0.2) is 0 Å². The molecule has 0 radical (unpaired) electrons. The zero-order valence-electron chi connectivity index (χ0n) is 7.58. The smallest absolute Gasteiger partial charge is 0.308 e. The van der Waals surface area contributed by atoms with Gasteiger partial charge in [0.25, 0.3) is 0 Å². The Morgan fingerprint density at radius 1 is 1.58 bits per heavy atom. The Bertz CT molecular complexity index is 159. The highest BCUT2D eigenvalue weighted by Crippen LogP contribution is 2.25. The molecule has 0 amide bonds. The van der Waals surface area contributed by atoms with Crippen molar-refractivity contribution in [3.05, 3.63) is 0 Å². The van der Waals surface area contributed by atoms with Crippen molar-refractivity contribution in [2.45, 2.75) is 38.6 Å². The van der Waals surface area contributed by atoms with Gasteiger partial charge in [-0.1, -0.05) is 6.92 Å². The van der Waals surface area contributed by atoms with Crippen LogP contribution in [-0.4, -0.2) is 18.6 Å². The molecule has 0 aromatic heterocycles. The van der Waals surface area contributed by atoms with E-state index >= 15 is 0 Å². The van der Waals surface area contributed by atoms with Crippen molar-refractivity contribution in [1.29, 1.82) is 0 Å². The van der Waals surface area contributed by atoms with E-state index in [4.69, 9.17) is 10.5 Å². The summed E-state index contributed by atoms with van der Waals surface area (Å²) in [6.45, 7) is 2.54. The number of carbonyl (C=O) groups excluding carboxylic acids is 1. The Hall–Kier alpha value is -0.570. The van der Waals surface area contributed by atoms with Crippen LogP contribution in [0.2, 0.25) is 0 Å². The molecule has 0 spiro atoms. The zero-order chi connectivity index (χ0) is 8.97. The fraction of sp³-hybridized carbons (Fsp3) is 0.889. The summed E-state index contributed by atoms with van der Waals surface area (Å²) in [6.07, 6.45) is 3.57. The van der Waals surface area contributed by atoms with Gasteiger partial charge in [0.1, 0.15) is 0 Å². The molecule has 0 saturated heterocycles. The van der Waals surface area contributed by atoms with Gasteiger partial charge in [-0.3, -0.25) is 4.79 Å². The molecular weight excluding hydrogens is 154 g/mol. The van der Waals surface area contributed by atoms with E-state index in [1.54, 1.807) is 0 Å². The lowest BCUT2D eigenvalue weighted by Gasteiger charge is -2.08. The number of hydrogen-bond donors (Lipinski definition) is 1. The third-order valence-corrected chi connectivity index (χ3v) is 2.25. The average Bonchev–Trinajstić information content (AvgIpc) is 2.47. The number of rotatable bonds is 3. The van der Waals surface area contributed by atoms with Crippen LogP contribution >= 0.6 is 0 Å². The second-order valence-corrected chi connectivity index (χ2v) is 3.44. The molecule has 3 nitrogen and oxygen atoms in total. The van der Waals surface area contributed by atoms with Crippen molar-refractivity contribution in [3.8, 4) is 0 Å². The van der Waals surface area contributed by atoms with E-state index in [-0.39, 0.29) is 17.9 Å². The summed E-state index contributed by atoms with van der Waals surface area (Å²) in [5, 5.41) is 0. The third-order valence-electron chi connectivity index (χ3n) is 2.25. The maximum absolute atomic E-state index is 11.3. The first-order valence-corrected chi connectivity index (χ1v) is 4.66. The monoisotopic (exact) mass is 171 g/mol. The van der Waals surface area contributed by atoms with E-state index in [0.29, 0.717) is 6.61 Å². The van der Waals surface area contributed by atoms with Gasteiger partial charge in [0.2, 0.25) is 0 Å². The van der Waals surface area contributed by atoms with Gasteiger partial charge < -0.3 is 10.5 Å². The normalized spacial score (nSPS) is 28.8. The van der Waals surface area contributed by atoms with E-state index in [0.717, 1.165) is 25.7 Å². The molecule has 0 bridgehead atoms. The molecule has 70 valence electrons. The highest BCUT2D eigenvalue weighted by molar-refractivity contribution is 5.72. The molecule has 1 fully saturated rings. The summed E-state index contributed by atoms with van der Waals surface area (Å²) < 4.78 is 5.03. The van der Waals surface area contributed by atoms with E-state index in [1.807, 2.05) is 6.92 Å². The van der Waals surface area contributed by atoms with E-state index in [2.05, 4.69) is 0 Å². The minimum absolute atomic E-state index is 0.0511. The highest BCUT2D eigenvalue weighted by atomic mass is 16.5. The van der Waals surface area contributed by atoms with Crippen LogP contribution in [0, 0.1) is 5.92 Å². The molecule has 3 heteroatoms. The predicted octanol–water partition coefficient (Wildman–Crippen LogP) is 1.07. The van der Waals surface area contributed by atoms with Crippen molar-refractivity contribution in [2.75, 3.05) is 6.61 Å². The SMILES string of the molecule is CCCOC(=O)[C@@H]1CC[C@H](N)C1. The molecule has 12 heavy (non-hydrogen) atoms. The van der Waals surface area contributed by atoms with Crippen molar-refractivity contribution in [2.24, 2.45) is 11.7 Å². The van der Waals surface area contributed by atoms with Crippen molar-refractivity contribution >= 4 is 5.97 Å². The second-order valence-electron chi connectivity index (χ2n) is 3.44. The van der Waals surface area contributed by atoms with Gasteiger partial charge in [0.05, 0.1) is 12.5 Å². The molecule has 2 N–H and O–H groups in total. The molecular formula is C9H17NO2. The molecule has 1 saturated carbocycles. The second kappa shape index (κ2) is 4.45. The first kappa shape index (κ1) is 9.52. The van der Waals surface area contributed by atoms with Gasteiger partial charge in [0.15, 0.2) is 0 Å². The Kier molecular flexibility index (Phi) is 3.53. The largest absolute Gasteiger partial charge is 0.465 e. The molecule has 0 aliphatic heterocycles. The lowest BCUT2D eigenvalue weighted by molar-refractivity contribution is -0.148. The van der Waals surface area contributed by atoms with Crippen molar-refractivity contribution < 1.29 is 9.53 Å². The standard InChI is InChI=1S/C9H17NO2/c1-2-5-12-9(11)7-3-4-8(10)6-7/h7-8H,2-6,10H2,1H3/t7-,8+/m1/s1. The van der Waals surface area contributed by atoms with Crippen LogP contribution in [0.1, 0.15) is 32.6 Å². The molecule has 1 rings (SSSR count). The summed E-state index contributed by atoms with van der Waals surface area (Å²) in [7, 11) is 0. The topological polar surface area (TPSA) is 52.3 Å². The van der Waals surface area contributed by atoms with Crippen LogP contribution in [0.25, 0.3) is 0 Å². The summed E-state index contributed by atoms with van der Waals surface area (Å²) >= 11 is 0. The first-order chi connectivity index (χ1) is 5.74. The zero-order valence-corrected chi connectivity index (χ0v) is 7.58. The highest BCUT2D eigenvalue weighted by Gasteiger charge is 2.28. The van der Waals surface area contributed by atoms with E-state index < -0.39 is 0 Å². The maximum Gasteiger partial charge on any atom is 0.308 e. The molecule has 0 heterocycles. The van der Waals surface area contributed by atoms with Gasteiger partial charge in [-0.2, -0.15) is 0 Å².